The molecule has 3 amide bonds. The zero-order valence-electron chi connectivity index (χ0n) is 25.0. The van der Waals surface area contributed by atoms with E-state index in [9.17, 15) is 23.1 Å². The fourth-order valence-corrected chi connectivity index (χ4v) is 6.50. The number of carbonyl (C=O) groups is 2. The lowest BCUT2D eigenvalue weighted by Crippen LogP contribution is -2.50. The second-order valence-corrected chi connectivity index (χ2v) is 12.6. The molecule has 0 aliphatic carbocycles. The van der Waals surface area contributed by atoms with Crippen LogP contribution in [0.1, 0.15) is 35.7 Å². The number of benzene rings is 2. The molecule has 3 heterocycles. The third-order valence-electron chi connectivity index (χ3n) is 7.58. The molecular formula is C29H35N5O9S. The Labute approximate surface area is 254 Å². The number of fused-ring (bicyclic) bond motifs is 2. The molecular weight excluding hydrogens is 594 g/mol. The molecule has 44 heavy (non-hydrogen) atoms. The standard InChI is InChI=1S/C29H35N5O9S/c1-16-12-34(17(2)14-35)28(36)22-10-21(32-44(38,39)27-18(3)31-43-19(27)4)7-8-23(22)42-26(16)13-33(5)29(37)30-20-6-9-24-25(11-20)41-15-40-24/h6-11,16-17,26,32,35H,12-15H2,1-5H3,(H,30,37)/t16-,17-,26+/m1/s1. The van der Waals surface area contributed by atoms with E-state index in [1.807, 2.05) is 6.92 Å². The van der Waals surface area contributed by atoms with Gasteiger partial charge in [0.1, 0.15) is 17.5 Å². The lowest BCUT2D eigenvalue weighted by molar-refractivity contribution is 0.0371. The second-order valence-electron chi connectivity index (χ2n) is 11.0. The van der Waals surface area contributed by atoms with Crippen LogP contribution in [0.2, 0.25) is 0 Å². The highest BCUT2D eigenvalue weighted by molar-refractivity contribution is 7.92. The zero-order chi connectivity index (χ0) is 31.8. The van der Waals surface area contributed by atoms with Crippen molar-refractivity contribution in [3.05, 3.63) is 53.4 Å². The number of aryl methyl sites for hydroxylation is 2. The molecule has 236 valence electrons. The van der Waals surface area contributed by atoms with E-state index in [0.29, 0.717) is 17.2 Å². The number of aliphatic hydroxyl groups excluding tert-OH is 1. The van der Waals surface area contributed by atoms with Crippen molar-refractivity contribution in [3.63, 3.8) is 0 Å². The Morgan fingerprint density at radius 1 is 1.14 bits per heavy atom. The van der Waals surface area contributed by atoms with Crippen LogP contribution in [0.15, 0.2) is 45.8 Å². The number of hydrogen-bond acceptors (Lipinski definition) is 10. The number of carbonyl (C=O) groups excluding carboxylic acids is 2. The summed E-state index contributed by atoms with van der Waals surface area (Å²) >= 11 is 0. The molecule has 3 atom stereocenters. The van der Waals surface area contributed by atoms with Gasteiger partial charge in [-0.3, -0.25) is 9.52 Å². The van der Waals surface area contributed by atoms with Crippen LogP contribution >= 0.6 is 0 Å². The molecule has 0 saturated carbocycles. The van der Waals surface area contributed by atoms with Gasteiger partial charge in [0, 0.05) is 37.0 Å². The molecule has 3 N–H and O–H groups in total. The van der Waals surface area contributed by atoms with Gasteiger partial charge in [0.2, 0.25) is 6.79 Å². The molecule has 0 saturated heterocycles. The maximum absolute atomic E-state index is 13.8. The molecule has 15 heteroatoms. The lowest BCUT2D eigenvalue weighted by atomic mass is 9.99. The molecule has 0 radical (unpaired) electrons. The Morgan fingerprint density at radius 3 is 2.55 bits per heavy atom. The molecule has 5 rings (SSSR count). The minimum absolute atomic E-state index is 0.0849. The number of nitrogens with one attached hydrogen (secondary N) is 2. The van der Waals surface area contributed by atoms with Crippen LogP contribution in [-0.2, 0) is 10.0 Å². The van der Waals surface area contributed by atoms with E-state index in [4.69, 9.17) is 18.7 Å². The van der Waals surface area contributed by atoms with Crippen LogP contribution in [0.4, 0.5) is 16.2 Å². The third-order valence-corrected chi connectivity index (χ3v) is 9.20. The first kappa shape index (κ1) is 30.9. The fraction of sp³-hybridized carbons (Fsp3) is 0.414. The van der Waals surface area contributed by atoms with E-state index >= 15 is 0 Å². The average molecular weight is 630 g/mol. The highest BCUT2D eigenvalue weighted by Crippen LogP contribution is 2.35. The van der Waals surface area contributed by atoms with Gasteiger partial charge in [-0.2, -0.15) is 0 Å². The monoisotopic (exact) mass is 629 g/mol. The van der Waals surface area contributed by atoms with Crippen molar-refractivity contribution in [2.75, 3.05) is 43.6 Å². The number of sulfonamides is 1. The maximum atomic E-state index is 13.8. The minimum atomic E-state index is -4.08. The number of aliphatic hydroxyl groups is 1. The molecule has 0 unspecified atom stereocenters. The van der Waals surface area contributed by atoms with E-state index in [2.05, 4.69) is 15.2 Å². The van der Waals surface area contributed by atoms with Gasteiger partial charge in [-0.25, -0.2) is 13.2 Å². The Hall–Kier alpha value is -4.50. The number of likely N-dealkylation sites (N-methyl/N-ethyl adjacent to an activating group) is 1. The summed E-state index contributed by atoms with van der Waals surface area (Å²) in [5.41, 5.74) is 0.964. The topological polar surface area (TPSA) is 173 Å². The first-order valence-corrected chi connectivity index (χ1v) is 15.5. The van der Waals surface area contributed by atoms with Gasteiger partial charge in [-0.1, -0.05) is 12.1 Å². The van der Waals surface area contributed by atoms with Gasteiger partial charge in [0.25, 0.3) is 15.9 Å². The third kappa shape index (κ3) is 6.24. The molecule has 0 fully saturated rings. The number of urea groups is 1. The number of nitrogens with zero attached hydrogens (tertiary/aromatic N) is 3. The summed E-state index contributed by atoms with van der Waals surface area (Å²) in [6.07, 6.45) is -0.562. The second kappa shape index (κ2) is 12.2. The van der Waals surface area contributed by atoms with E-state index in [1.165, 1.54) is 41.8 Å². The molecule has 0 spiro atoms. The normalized spacial score (nSPS) is 18.5. The summed E-state index contributed by atoms with van der Waals surface area (Å²) in [6, 6.07) is 8.57. The van der Waals surface area contributed by atoms with Gasteiger partial charge in [-0.05, 0) is 51.1 Å². The zero-order valence-corrected chi connectivity index (χ0v) is 25.8. The largest absolute Gasteiger partial charge is 0.487 e. The van der Waals surface area contributed by atoms with Crippen molar-refractivity contribution < 1.29 is 41.8 Å². The van der Waals surface area contributed by atoms with Gasteiger partial charge in [0.05, 0.1) is 24.8 Å². The minimum Gasteiger partial charge on any atom is -0.487 e. The summed E-state index contributed by atoms with van der Waals surface area (Å²) in [4.78, 5) is 29.8. The predicted octanol–water partition coefficient (Wildman–Crippen LogP) is 3.20. The number of anilines is 2. The van der Waals surface area contributed by atoms with Gasteiger partial charge in [0.15, 0.2) is 22.2 Å². The molecule has 3 aromatic rings. The summed E-state index contributed by atoms with van der Waals surface area (Å²) in [5.74, 6) is 0.801. The van der Waals surface area contributed by atoms with Gasteiger partial charge >= 0.3 is 6.03 Å². The molecule has 2 aliphatic rings. The summed E-state index contributed by atoms with van der Waals surface area (Å²) in [7, 11) is -2.45. The van der Waals surface area contributed by atoms with E-state index < -0.39 is 28.1 Å². The number of hydrogen-bond donors (Lipinski definition) is 3. The van der Waals surface area contributed by atoms with Crippen molar-refractivity contribution in [1.82, 2.24) is 15.0 Å². The number of aromatic nitrogens is 1. The average Bonchev–Trinajstić information content (AvgIpc) is 3.59. The summed E-state index contributed by atoms with van der Waals surface area (Å²) in [6.45, 7) is 6.85. The smallest absolute Gasteiger partial charge is 0.321 e. The van der Waals surface area contributed by atoms with Crippen LogP contribution in [0.25, 0.3) is 0 Å². The molecule has 2 aliphatic heterocycles. The lowest BCUT2D eigenvalue weighted by Gasteiger charge is -2.38. The van der Waals surface area contributed by atoms with Crippen LogP contribution in [0.5, 0.6) is 17.2 Å². The van der Waals surface area contributed by atoms with E-state index in [1.54, 1.807) is 32.2 Å². The van der Waals surface area contributed by atoms with E-state index in [-0.39, 0.29) is 71.8 Å². The number of amides is 3. The van der Waals surface area contributed by atoms with Crippen LogP contribution in [-0.4, -0.2) is 86.1 Å². The highest BCUT2D eigenvalue weighted by Gasteiger charge is 2.35. The Balaban J connectivity index is 1.39. The van der Waals surface area contributed by atoms with Gasteiger partial charge < -0.3 is 39.0 Å². The molecule has 0 bridgehead atoms. The Kier molecular flexibility index (Phi) is 8.61. The first-order chi connectivity index (χ1) is 20.9. The number of rotatable bonds is 8. The fourth-order valence-electron chi connectivity index (χ4n) is 5.11. The van der Waals surface area contributed by atoms with Gasteiger partial charge in [-0.15, -0.1) is 0 Å². The molecule has 14 nitrogen and oxygen atoms in total. The number of ether oxygens (including phenoxy) is 3. The highest BCUT2D eigenvalue weighted by atomic mass is 32.2. The Bertz CT molecular complexity index is 1660. The van der Waals surface area contributed by atoms with Crippen LogP contribution in [0, 0.1) is 19.8 Å². The van der Waals surface area contributed by atoms with Crippen molar-refractivity contribution in [3.8, 4) is 17.2 Å². The van der Waals surface area contributed by atoms with Crippen molar-refractivity contribution >= 4 is 33.3 Å². The van der Waals surface area contributed by atoms with Crippen molar-refractivity contribution in [2.45, 2.75) is 44.7 Å². The summed E-state index contributed by atoms with van der Waals surface area (Å²) < 4.78 is 50.8. The molecule has 2 aromatic carbocycles. The predicted molar refractivity (Wildman–Crippen MR) is 159 cm³/mol. The summed E-state index contributed by atoms with van der Waals surface area (Å²) in [5, 5.41) is 16.5. The maximum Gasteiger partial charge on any atom is 0.321 e. The van der Waals surface area contributed by atoms with Crippen molar-refractivity contribution in [2.24, 2.45) is 5.92 Å². The van der Waals surface area contributed by atoms with E-state index in [0.717, 1.165) is 0 Å². The van der Waals surface area contributed by atoms with Crippen LogP contribution in [0.3, 0.4) is 0 Å². The van der Waals surface area contributed by atoms with Crippen LogP contribution < -0.4 is 24.2 Å². The molecule has 1 aromatic heterocycles. The quantitative estimate of drug-likeness (QED) is 0.336. The van der Waals surface area contributed by atoms with Crippen molar-refractivity contribution in [1.29, 1.82) is 0 Å². The SMILES string of the molecule is Cc1noc(C)c1S(=O)(=O)Nc1ccc2c(c1)C(=O)N([C@H](C)CO)C[C@@H](C)[C@H](CN(C)C(=O)Nc1ccc3c(c1)OCO3)O2. The Morgan fingerprint density at radius 2 is 1.84 bits per heavy atom. The first-order valence-electron chi connectivity index (χ1n) is 14.0.